The summed E-state index contributed by atoms with van der Waals surface area (Å²) in [4.78, 5) is 12.3. The quantitative estimate of drug-likeness (QED) is 0.179. The summed E-state index contributed by atoms with van der Waals surface area (Å²) in [5, 5.41) is 11.8. The van der Waals surface area contributed by atoms with Crippen LogP contribution in [0.1, 0.15) is 74.9 Å². The van der Waals surface area contributed by atoms with Crippen LogP contribution in [-0.4, -0.2) is 15.1 Å². The summed E-state index contributed by atoms with van der Waals surface area (Å²) in [5.74, 6) is 0.968. The molecule has 2 aromatic heterocycles. The number of fused-ring (bicyclic) bond motifs is 10. The first-order valence-corrected chi connectivity index (χ1v) is 18.4. The second kappa shape index (κ2) is 12.9. The topological polar surface area (TPSA) is 49.2 Å². The van der Waals surface area contributed by atoms with Crippen molar-refractivity contribution in [2.75, 3.05) is 4.90 Å². The van der Waals surface area contributed by atoms with Crippen LogP contribution in [0, 0.1) is 6.07 Å². The molecule has 1 N–H and O–H groups in total. The number of aromatic nitrogens is 2. The van der Waals surface area contributed by atoms with E-state index in [1.54, 1.807) is 12.3 Å². The minimum atomic E-state index is -0.662. The van der Waals surface area contributed by atoms with Crippen LogP contribution in [0.25, 0.3) is 33.6 Å². The maximum Gasteiger partial charge on any atom is 0.136 e. The van der Waals surface area contributed by atoms with E-state index in [0.29, 0.717) is 0 Å². The van der Waals surface area contributed by atoms with Gasteiger partial charge in [-0.05, 0) is 97.1 Å². The number of pyridine rings is 2. The van der Waals surface area contributed by atoms with Gasteiger partial charge in [-0.25, -0.2) is 4.98 Å². The summed E-state index contributed by atoms with van der Waals surface area (Å²) in [6, 6.07) is 50.4. The molecule has 5 heteroatoms. The fourth-order valence-electron chi connectivity index (χ4n) is 8.38. The van der Waals surface area contributed by atoms with Gasteiger partial charge in [-0.15, -0.1) is 29.8 Å². The van der Waals surface area contributed by atoms with Gasteiger partial charge in [0.05, 0.1) is 11.1 Å². The molecule has 0 saturated carbocycles. The molecule has 7 aromatic rings. The number of anilines is 3. The van der Waals surface area contributed by atoms with Crippen LogP contribution in [0.15, 0.2) is 140 Å². The molecule has 2 aliphatic rings. The van der Waals surface area contributed by atoms with Gasteiger partial charge in [0.1, 0.15) is 11.6 Å². The second-order valence-electron chi connectivity index (χ2n) is 16.4. The van der Waals surface area contributed by atoms with Crippen LogP contribution in [-0.2, 0) is 37.3 Å². The minimum absolute atomic E-state index is 0. The van der Waals surface area contributed by atoms with Gasteiger partial charge in [-0.3, -0.25) is 0 Å². The van der Waals surface area contributed by atoms with E-state index in [2.05, 4.69) is 130 Å². The summed E-state index contributed by atoms with van der Waals surface area (Å²) in [5.41, 5.74) is 14.0. The minimum Gasteiger partial charge on any atom is -0.507 e. The Morgan fingerprint density at radius 2 is 1.26 bits per heavy atom. The Bertz CT molecular complexity index is 2490. The van der Waals surface area contributed by atoms with Crippen molar-refractivity contribution in [2.45, 2.75) is 57.8 Å². The van der Waals surface area contributed by atoms with Crippen LogP contribution in [0.5, 0.6) is 5.75 Å². The van der Waals surface area contributed by atoms with E-state index in [1.165, 1.54) is 33.4 Å². The van der Waals surface area contributed by atoms with Crippen molar-refractivity contribution in [2.24, 2.45) is 0 Å². The third-order valence-electron chi connectivity index (χ3n) is 11.0. The van der Waals surface area contributed by atoms with Gasteiger partial charge >= 0.3 is 0 Å². The van der Waals surface area contributed by atoms with Gasteiger partial charge in [-0.2, -0.15) is 0 Å². The smallest absolute Gasteiger partial charge is 0.136 e. The molecular formula is C49H42N3OPt-. The first-order valence-electron chi connectivity index (χ1n) is 18.4. The number of benzene rings is 5. The number of phenols is 1. The summed E-state index contributed by atoms with van der Waals surface area (Å²) in [7, 11) is 0. The Morgan fingerprint density at radius 1 is 0.611 bits per heavy atom. The van der Waals surface area contributed by atoms with E-state index in [1.807, 2.05) is 54.6 Å². The first-order chi connectivity index (χ1) is 25.5. The maximum atomic E-state index is 11.8. The van der Waals surface area contributed by atoms with E-state index in [0.717, 1.165) is 50.8 Å². The van der Waals surface area contributed by atoms with Crippen LogP contribution < -0.4 is 4.90 Å². The molecule has 270 valence electrons. The Balaban J connectivity index is 0.00000413. The molecule has 0 fully saturated rings. The van der Waals surface area contributed by atoms with E-state index >= 15 is 0 Å². The predicted molar refractivity (Wildman–Crippen MR) is 216 cm³/mol. The maximum absolute atomic E-state index is 11.8. The van der Waals surface area contributed by atoms with Crippen LogP contribution in [0.3, 0.4) is 0 Å². The van der Waals surface area contributed by atoms with Gasteiger partial charge in [0.2, 0.25) is 0 Å². The SMILES string of the molecule is CC(C)(C)c1ccc2c(c1)C1(c3cc(C(C)(C)C)ccc3-2)c2ccc(N(c3[c-]c(-c4ccccn4)ccc3)c3ccccc3)nc2-c2c(O)cccc21.[Pt]. The zero-order valence-electron chi connectivity index (χ0n) is 31.4. The van der Waals surface area contributed by atoms with Crippen LogP contribution in [0.4, 0.5) is 17.2 Å². The van der Waals surface area contributed by atoms with E-state index in [4.69, 9.17) is 4.98 Å². The third-order valence-corrected chi connectivity index (χ3v) is 11.0. The van der Waals surface area contributed by atoms with Gasteiger partial charge in [0.25, 0.3) is 0 Å². The van der Waals surface area contributed by atoms with Crippen molar-refractivity contribution in [3.63, 3.8) is 0 Å². The van der Waals surface area contributed by atoms with Crippen molar-refractivity contribution < 1.29 is 26.2 Å². The first kappa shape index (κ1) is 35.7. The van der Waals surface area contributed by atoms with Gasteiger partial charge in [0, 0.05) is 38.5 Å². The molecule has 0 bridgehead atoms. The summed E-state index contributed by atoms with van der Waals surface area (Å²) >= 11 is 0. The Kier molecular flexibility index (Phi) is 8.54. The standard InChI is InChI=1S/C49H42N3O.Pt/c1-47(2,3)32-21-23-36-37-24-22-33(48(4,5)6)30-41(37)49(40(36)29-32)38-18-13-20-43(53)45(38)46-39(49)25-26-44(51-46)52(34-15-8-7-9-16-34)35-17-12-14-31(28-35)42-19-10-11-27-50-42;/h7-27,29-30,53H,1-6H3;/q-1;. The van der Waals surface area contributed by atoms with Crippen molar-refractivity contribution in [1.29, 1.82) is 0 Å². The van der Waals surface area contributed by atoms with Crippen LogP contribution in [0.2, 0.25) is 0 Å². The van der Waals surface area contributed by atoms with Crippen LogP contribution >= 0.6 is 0 Å². The molecule has 4 nitrogen and oxygen atoms in total. The van der Waals surface area contributed by atoms with E-state index < -0.39 is 5.41 Å². The molecular weight excluding hydrogens is 842 g/mol. The summed E-state index contributed by atoms with van der Waals surface area (Å²) < 4.78 is 0. The van der Waals surface area contributed by atoms with E-state index in [9.17, 15) is 5.11 Å². The Hall–Kier alpha value is -5.31. The third kappa shape index (κ3) is 5.45. The van der Waals surface area contributed by atoms with Crippen molar-refractivity contribution in [3.05, 3.63) is 179 Å². The number of rotatable bonds is 4. The number of phenolic OH excluding ortho intramolecular Hbond substituents is 1. The monoisotopic (exact) mass is 883 g/mol. The molecule has 54 heavy (non-hydrogen) atoms. The summed E-state index contributed by atoms with van der Waals surface area (Å²) in [6.45, 7) is 13.6. The van der Waals surface area contributed by atoms with Gasteiger partial charge in [0.15, 0.2) is 0 Å². The normalized spacial score (nSPS) is 13.4. The molecule has 1 spiro atoms. The second-order valence-corrected chi connectivity index (χ2v) is 16.4. The average Bonchev–Trinajstić information content (AvgIpc) is 3.62. The molecule has 2 aliphatic carbocycles. The molecule has 5 aromatic carbocycles. The molecule has 0 radical (unpaired) electrons. The molecule has 0 aliphatic heterocycles. The molecule has 0 saturated heterocycles. The Labute approximate surface area is 332 Å². The number of aromatic hydroxyl groups is 1. The van der Waals surface area contributed by atoms with Crippen molar-refractivity contribution in [1.82, 2.24) is 9.97 Å². The summed E-state index contributed by atoms with van der Waals surface area (Å²) in [6.07, 6.45) is 1.81. The zero-order valence-corrected chi connectivity index (χ0v) is 33.7. The number of hydrogen-bond acceptors (Lipinski definition) is 4. The Morgan fingerprint density at radius 3 is 1.89 bits per heavy atom. The largest absolute Gasteiger partial charge is 0.507 e. The molecule has 0 atom stereocenters. The molecule has 9 rings (SSSR count). The van der Waals surface area contributed by atoms with Crippen molar-refractivity contribution >= 4 is 17.2 Å². The number of hydrogen-bond donors (Lipinski definition) is 1. The van der Waals surface area contributed by atoms with Gasteiger partial charge < -0.3 is 15.0 Å². The van der Waals surface area contributed by atoms with E-state index in [-0.39, 0.29) is 37.6 Å². The predicted octanol–water partition coefficient (Wildman–Crippen LogP) is 12.1. The zero-order chi connectivity index (χ0) is 36.7. The molecule has 0 amide bonds. The fourth-order valence-corrected chi connectivity index (χ4v) is 8.38. The van der Waals surface area contributed by atoms with Gasteiger partial charge in [-0.1, -0.05) is 126 Å². The molecule has 2 heterocycles. The average molecular weight is 884 g/mol. The number of nitrogens with zero attached hydrogens (tertiary/aromatic N) is 3. The number of para-hydroxylation sites is 1. The fraction of sp³-hybridized carbons (Fsp3) is 0.184. The van der Waals surface area contributed by atoms with Crippen molar-refractivity contribution in [3.8, 4) is 39.4 Å². The molecule has 0 unspecified atom stereocenters.